The third-order valence-corrected chi connectivity index (χ3v) is 13.0. The Morgan fingerprint density at radius 2 is 1.62 bits per heavy atom. The number of rotatable bonds is 12. The largest absolute Gasteiger partial charge is 0.459 e. The lowest BCUT2D eigenvalue weighted by molar-refractivity contribution is -0.335. The van der Waals surface area contributed by atoms with Crippen LogP contribution >= 0.6 is 0 Å². The third-order valence-electron chi connectivity index (χ3n) is 13.0. The highest BCUT2D eigenvalue weighted by Gasteiger charge is 2.58. The zero-order valence-corrected chi connectivity index (χ0v) is 36.3. The Morgan fingerprint density at radius 3 is 2.23 bits per heavy atom. The van der Waals surface area contributed by atoms with Crippen LogP contribution in [0.3, 0.4) is 0 Å². The predicted molar refractivity (Wildman–Crippen MR) is 211 cm³/mol. The van der Waals surface area contributed by atoms with Gasteiger partial charge < -0.3 is 70.3 Å². The molecule has 0 spiro atoms. The van der Waals surface area contributed by atoms with E-state index in [1.54, 1.807) is 41.5 Å². The van der Waals surface area contributed by atoms with Crippen molar-refractivity contribution < 1.29 is 58.7 Å². The van der Waals surface area contributed by atoms with E-state index < -0.39 is 101 Å². The number of unbranched alkanes of at least 4 members (excludes halogenated alkanes) is 2. The number of hydrogen-bond donors (Lipinski definition) is 8. The molecule has 3 aliphatic rings. The summed E-state index contributed by atoms with van der Waals surface area (Å²) in [6.07, 6.45) is -5.04. The van der Waals surface area contributed by atoms with Gasteiger partial charge in [0, 0.05) is 44.6 Å². The number of ether oxygens (including phenoxy) is 6. The van der Waals surface area contributed by atoms with Gasteiger partial charge in [0.25, 0.3) is 0 Å². The molecule has 15 heteroatoms. The van der Waals surface area contributed by atoms with Gasteiger partial charge in [0.2, 0.25) is 0 Å². The Balaban J connectivity index is 2.11. The van der Waals surface area contributed by atoms with Gasteiger partial charge in [-0.2, -0.15) is 0 Å². The second-order valence-electron chi connectivity index (χ2n) is 18.0. The molecular formula is C41H79N3O12. The minimum Gasteiger partial charge on any atom is -0.459 e. The zero-order chi connectivity index (χ0) is 42.4. The molecule has 0 aromatic heterocycles. The number of carbonyl (C=O) groups excluding carboxylic acids is 1. The molecule has 3 rings (SSSR count). The number of cyclic esters (lactones) is 1. The molecule has 330 valence electrons. The average Bonchev–Trinajstić information content (AvgIpc) is 3.13. The van der Waals surface area contributed by atoms with Gasteiger partial charge in [0.05, 0.1) is 42.0 Å². The first-order valence-corrected chi connectivity index (χ1v) is 21.1. The van der Waals surface area contributed by atoms with Crippen LogP contribution in [0.25, 0.3) is 0 Å². The molecule has 0 radical (unpaired) electrons. The smallest absolute Gasteiger partial charge is 0.311 e. The Hall–Kier alpha value is -1.05. The molecule has 3 saturated heterocycles. The van der Waals surface area contributed by atoms with E-state index in [1.165, 1.54) is 14.0 Å². The van der Waals surface area contributed by atoms with Gasteiger partial charge in [-0.05, 0) is 86.6 Å². The fourth-order valence-corrected chi connectivity index (χ4v) is 9.06. The fraction of sp³-hybridized carbons (Fsp3) is 0.976. The van der Waals surface area contributed by atoms with Gasteiger partial charge in [0.15, 0.2) is 12.6 Å². The van der Waals surface area contributed by atoms with E-state index in [0.29, 0.717) is 6.42 Å². The van der Waals surface area contributed by atoms with Gasteiger partial charge in [0.1, 0.15) is 29.0 Å². The number of aliphatic hydroxyl groups excluding tert-OH is 2. The lowest BCUT2D eigenvalue weighted by Gasteiger charge is -2.53. The summed E-state index contributed by atoms with van der Waals surface area (Å²) in [5.74, 6) is -3.01. The summed E-state index contributed by atoms with van der Waals surface area (Å²) in [6.45, 7) is 20.8. The van der Waals surface area contributed by atoms with E-state index in [-0.39, 0.29) is 44.5 Å². The van der Waals surface area contributed by atoms with Crippen LogP contribution in [0.1, 0.15) is 121 Å². The number of hydrogen-bond acceptors (Lipinski definition) is 15. The molecule has 18 atom stereocenters. The molecule has 0 bridgehead atoms. The van der Waals surface area contributed by atoms with Crippen LogP contribution < -0.4 is 16.4 Å². The quantitative estimate of drug-likeness (QED) is 0.105. The van der Waals surface area contributed by atoms with Crippen molar-refractivity contribution in [1.29, 1.82) is 0 Å². The molecule has 0 aromatic carbocycles. The Bertz CT molecular complexity index is 1210. The molecule has 0 saturated carbocycles. The van der Waals surface area contributed by atoms with E-state index >= 15 is 0 Å². The molecule has 56 heavy (non-hydrogen) atoms. The van der Waals surface area contributed by atoms with Gasteiger partial charge in [-0.1, -0.05) is 40.5 Å². The topological polar surface area (TPSA) is 224 Å². The molecule has 0 amide bonds. The van der Waals surface area contributed by atoms with Gasteiger partial charge in [-0.15, -0.1) is 0 Å². The maximum absolute atomic E-state index is 14.3. The Labute approximate surface area is 336 Å². The summed E-state index contributed by atoms with van der Waals surface area (Å²) in [7, 11) is 1.54. The third kappa shape index (κ3) is 11.4. The van der Waals surface area contributed by atoms with Crippen LogP contribution in [-0.2, 0) is 33.2 Å². The minimum atomic E-state index is -1.80. The zero-order valence-electron chi connectivity index (χ0n) is 36.3. The van der Waals surface area contributed by atoms with Gasteiger partial charge >= 0.3 is 5.97 Å². The number of aliphatic hydroxyl groups is 5. The van der Waals surface area contributed by atoms with Gasteiger partial charge in [-0.25, -0.2) is 0 Å². The monoisotopic (exact) mass is 806 g/mol. The van der Waals surface area contributed by atoms with Crippen LogP contribution in [0.4, 0.5) is 0 Å². The first-order valence-electron chi connectivity index (χ1n) is 21.1. The molecule has 3 aliphatic heterocycles. The molecule has 15 nitrogen and oxygen atoms in total. The standard InChI is InChI=1S/C41H79N3O12/c1-13-15-16-17-43-22-41(50)28(8)53-31(20-39(41,10)51-12)55-33-26(6)35(56-37-32(45)29(42)18-25(5)52-37)38(9,48)19-24(4)44-21-23(3)34(46)40(11,49)30(14-2)54-36(47)27(33)7/h23-35,37,43-46,48-50H,13-22,42H2,1-12H3/t23-,24-,25-,26-,27-,28+,29+,30+,31?,32-,33-,34+,35-,37+,38-,39-,40-,41+/m1/s1. The molecule has 3 heterocycles. The van der Waals surface area contributed by atoms with Crippen molar-refractivity contribution in [3.05, 3.63) is 0 Å². The molecule has 0 aliphatic carbocycles. The summed E-state index contributed by atoms with van der Waals surface area (Å²) >= 11 is 0. The first kappa shape index (κ1) is 49.3. The van der Waals surface area contributed by atoms with E-state index in [0.717, 1.165) is 25.8 Å². The Kier molecular flexibility index (Phi) is 18.0. The van der Waals surface area contributed by atoms with Crippen molar-refractivity contribution in [1.82, 2.24) is 10.6 Å². The van der Waals surface area contributed by atoms with Gasteiger partial charge in [-0.3, -0.25) is 4.79 Å². The highest BCUT2D eigenvalue weighted by molar-refractivity contribution is 5.73. The number of carbonyl (C=O) groups is 1. The summed E-state index contributed by atoms with van der Waals surface area (Å²) in [4.78, 5) is 14.3. The van der Waals surface area contributed by atoms with Crippen LogP contribution in [0.2, 0.25) is 0 Å². The summed E-state index contributed by atoms with van der Waals surface area (Å²) in [5, 5.41) is 65.5. The predicted octanol–water partition coefficient (Wildman–Crippen LogP) is 2.11. The number of esters is 1. The van der Waals surface area contributed by atoms with Crippen molar-refractivity contribution >= 4 is 5.97 Å². The molecule has 9 N–H and O–H groups in total. The summed E-state index contributed by atoms with van der Waals surface area (Å²) in [5.41, 5.74) is 0.305. The molecular weight excluding hydrogens is 726 g/mol. The summed E-state index contributed by atoms with van der Waals surface area (Å²) < 4.78 is 38.0. The number of nitrogens with one attached hydrogen (secondary N) is 2. The van der Waals surface area contributed by atoms with Crippen molar-refractivity contribution in [2.75, 3.05) is 26.7 Å². The van der Waals surface area contributed by atoms with Crippen LogP contribution in [0.5, 0.6) is 0 Å². The lowest BCUT2D eigenvalue weighted by Crippen LogP contribution is -2.70. The normalized spacial score (nSPS) is 47.8. The molecule has 3 fully saturated rings. The maximum atomic E-state index is 14.3. The van der Waals surface area contributed by atoms with Crippen molar-refractivity contribution in [2.45, 2.75) is 211 Å². The maximum Gasteiger partial charge on any atom is 0.311 e. The van der Waals surface area contributed by atoms with Crippen LogP contribution in [0.15, 0.2) is 0 Å². The number of nitrogens with two attached hydrogens (primary N) is 1. The van der Waals surface area contributed by atoms with Crippen molar-refractivity contribution in [3.8, 4) is 0 Å². The fourth-order valence-electron chi connectivity index (χ4n) is 9.06. The van der Waals surface area contributed by atoms with Crippen LogP contribution in [0, 0.1) is 17.8 Å². The van der Waals surface area contributed by atoms with Crippen LogP contribution in [-0.4, -0.2) is 148 Å². The van der Waals surface area contributed by atoms with Crippen molar-refractivity contribution in [2.24, 2.45) is 23.5 Å². The highest BCUT2D eigenvalue weighted by atomic mass is 16.7. The molecule has 0 aromatic rings. The second-order valence-corrected chi connectivity index (χ2v) is 18.0. The minimum absolute atomic E-state index is 0.0854. The Morgan fingerprint density at radius 1 is 0.964 bits per heavy atom. The van der Waals surface area contributed by atoms with E-state index in [4.69, 9.17) is 34.2 Å². The van der Waals surface area contributed by atoms with E-state index in [1.807, 2.05) is 20.8 Å². The average molecular weight is 806 g/mol. The van der Waals surface area contributed by atoms with Crippen molar-refractivity contribution in [3.63, 3.8) is 0 Å². The van der Waals surface area contributed by atoms with E-state index in [2.05, 4.69) is 17.6 Å². The second kappa shape index (κ2) is 20.5. The molecule has 1 unspecified atom stereocenters. The van der Waals surface area contributed by atoms with E-state index in [9.17, 15) is 30.3 Å². The lowest BCUT2D eigenvalue weighted by atomic mass is 9.75. The SMILES string of the molecule is CCCCCNC[C@]1(O)[C@H](C)OC(O[C@@H]2[C@@H](C)[C@@H](O[C@@H]3O[C@H](C)C[C@H](N)[C@H]3O)[C@](C)(O)C[C@@H](C)NC[C@@H](C)[C@H](O)[C@](C)(O)[C@H](CC)OC(=O)[C@@H]2C)C[C@@]1(C)OC. The first-order chi connectivity index (χ1) is 26.0. The highest BCUT2D eigenvalue weighted by Crippen LogP contribution is 2.43. The summed E-state index contributed by atoms with van der Waals surface area (Å²) in [6, 6.07) is -0.954. The number of methoxy groups -OCH3 is 1.